The lowest BCUT2D eigenvalue weighted by Crippen LogP contribution is -2.27. The molecule has 1 heterocycles. The fraction of sp³-hybridized carbons (Fsp3) is 0.143. The van der Waals surface area contributed by atoms with E-state index in [1.165, 1.54) is 18.2 Å². The van der Waals surface area contributed by atoms with Crippen LogP contribution in [-0.4, -0.2) is 29.3 Å². The van der Waals surface area contributed by atoms with Crippen molar-refractivity contribution in [2.24, 2.45) is 5.73 Å². The number of carbonyl (C=O) groups excluding carboxylic acids is 3. The number of thiazole rings is 1. The summed E-state index contributed by atoms with van der Waals surface area (Å²) < 4.78 is 13.7. The molecule has 154 valence electrons. The highest BCUT2D eigenvalue weighted by molar-refractivity contribution is 7.14. The lowest BCUT2D eigenvalue weighted by molar-refractivity contribution is -0.120. The minimum Gasteiger partial charge on any atom is -0.366 e. The van der Waals surface area contributed by atoms with Gasteiger partial charge in [-0.05, 0) is 36.2 Å². The fourth-order valence-electron chi connectivity index (χ4n) is 2.71. The van der Waals surface area contributed by atoms with Crippen LogP contribution in [0.15, 0.2) is 53.9 Å². The van der Waals surface area contributed by atoms with E-state index in [4.69, 9.17) is 5.73 Å². The van der Waals surface area contributed by atoms with Crippen LogP contribution >= 0.6 is 11.3 Å². The Hall–Kier alpha value is -3.59. The average molecular weight is 426 g/mol. The van der Waals surface area contributed by atoms with Gasteiger partial charge < -0.3 is 11.1 Å². The van der Waals surface area contributed by atoms with Crippen molar-refractivity contribution in [1.29, 1.82) is 0 Å². The minimum atomic E-state index is -0.618. The van der Waals surface area contributed by atoms with Crippen LogP contribution in [-0.2, 0) is 17.6 Å². The number of hydrogen-bond acceptors (Lipinski definition) is 5. The first-order valence-electron chi connectivity index (χ1n) is 9.08. The summed E-state index contributed by atoms with van der Waals surface area (Å²) in [5, 5.41) is 7.26. The van der Waals surface area contributed by atoms with Crippen molar-refractivity contribution in [3.05, 3.63) is 82.1 Å². The third-order valence-corrected chi connectivity index (χ3v) is 4.99. The van der Waals surface area contributed by atoms with E-state index >= 15 is 0 Å². The number of nitrogens with zero attached hydrogens (tertiary/aromatic N) is 1. The summed E-state index contributed by atoms with van der Waals surface area (Å²) in [6.45, 7) is 0.391. The Morgan fingerprint density at radius 1 is 1.10 bits per heavy atom. The first kappa shape index (κ1) is 21.1. The predicted molar refractivity (Wildman–Crippen MR) is 112 cm³/mol. The van der Waals surface area contributed by atoms with E-state index in [1.54, 1.807) is 29.6 Å². The SMILES string of the molecule is NC(=O)c1cccc(CCNC(=O)Cc2csc(NC(=O)c3ccccc3F)n2)c1. The maximum absolute atomic E-state index is 13.7. The van der Waals surface area contributed by atoms with Crippen LogP contribution in [0.3, 0.4) is 0 Å². The molecule has 0 radical (unpaired) electrons. The predicted octanol–water partition coefficient (Wildman–Crippen LogP) is 2.53. The summed E-state index contributed by atoms with van der Waals surface area (Å²) in [4.78, 5) is 39.6. The summed E-state index contributed by atoms with van der Waals surface area (Å²) in [5.41, 5.74) is 6.99. The zero-order valence-corrected chi connectivity index (χ0v) is 16.7. The maximum atomic E-state index is 13.7. The van der Waals surface area contributed by atoms with E-state index in [0.29, 0.717) is 24.2 Å². The van der Waals surface area contributed by atoms with Crippen molar-refractivity contribution in [3.63, 3.8) is 0 Å². The second-order valence-electron chi connectivity index (χ2n) is 6.42. The second kappa shape index (κ2) is 9.75. The number of benzene rings is 2. The van der Waals surface area contributed by atoms with Crippen molar-refractivity contribution in [2.45, 2.75) is 12.8 Å². The molecule has 0 fully saturated rings. The number of anilines is 1. The molecule has 0 aliphatic rings. The molecule has 4 N–H and O–H groups in total. The lowest BCUT2D eigenvalue weighted by atomic mass is 10.1. The molecule has 1 aromatic heterocycles. The molecule has 0 saturated carbocycles. The molecular weight excluding hydrogens is 407 g/mol. The number of primary amides is 1. The number of rotatable bonds is 8. The Morgan fingerprint density at radius 3 is 2.67 bits per heavy atom. The van der Waals surface area contributed by atoms with Crippen LogP contribution in [0.4, 0.5) is 9.52 Å². The molecule has 30 heavy (non-hydrogen) atoms. The number of nitrogens with two attached hydrogens (primary N) is 1. The van der Waals surface area contributed by atoms with Gasteiger partial charge in [-0.25, -0.2) is 9.37 Å². The zero-order chi connectivity index (χ0) is 21.5. The normalized spacial score (nSPS) is 10.4. The number of nitrogens with one attached hydrogen (secondary N) is 2. The first-order chi connectivity index (χ1) is 14.4. The van der Waals surface area contributed by atoms with Crippen LogP contribution in [0.1, 0.15) is 32.0 Å². The highest BCUT2D eigenvalue weighted by Gasteiger charge is 2.14. The molecular formula is C21H19FN4O3S. The van der Waals surface area contributed by atoms with Crippen LogP contribution < -0.4 is 16.4 Å². The van der Waals surface area contributed by atoms with Gasteiger partial charge in [0.25, 0.3) is 5.91 Å². The van der Waals surface area contributed by atoms with Gasteiger partial charge in [-0.2, -0.15) is 0 Å². The maximum Gasteiger partial charge on any atom is 0.260 e. The van der Waals surface area contributed by atoms with Gasteiger partial charge in [0.2, 0.25) is 11.8 Å². The minimum absolute atomic E-state index is 0.0490. The van der Waals surface area contributed by atoms with E-state index in [-0.39, 0.29) is 23.0 Å². The van der Waals surface area contributed by atoms with Gasteiger partial charge in [0, 0.05) is 17.5 Å². The van der Waals surface area contributed by atoms with Gasteiger partial charge in [0.1, 0.15) is 5.82 Å². The van der Waals surface area contributed by atoms with Gasteiger partial charge in [-0.3, -0.25) is 19.7 Å². The van der Waals surface area contributed by atoms with E-state index in [0.717, 1.165) is 16.9 Å². The van der Waals surface area contributed by atoms with Gasteiger partial charge in [0.15, 0.2) is 5.13 Å². The summed E-state index contributed by atoms with van der Waals surface area (Å²) >= 11 is 1.16. The highest BCUT2D eigenvalue weighted by Crippen LogP contribution is 2.18. The van der Waals surface area contributed by atoms with Crippen LogP contribution in [0.2, 0.25) is 0 Å². The Bertz CT molecular complexity index is 1080. The monoisotopic (exact) mass is 426 g/mol. The summed E-state index contributed by atoms with van der Waals surface area (Å²) in [7, 11) is 0. The number of aromatic nitrogens is 1. The molecule has 0 atom stereocenters. The molecule has 0 bridgehead atoms. The molecule has 0 spiro atoms. The van der Waals surface area contributed by atoms with Gasteiger partial charge >= 0.3 is 0 Å². The number of halogens is 1. The van der Waals surface area contributed by atoms with E-state index in [2.05, 4.69) is 15.6 Å². The molecule has 3 aromatic rings. The molecule has 7 nitrogen and oxygen atoms in total. The Kier molecular flexibility index (Phi) is 6.87. The number of carbonyl (C=O) groups is 3. The third-order valence-electron chi connectivity index (χ3n) is 4.18. The van der Waals surface area contributed by atoms with Crippen molar-refractivity contribution in [2.75, 3.05) is 11.9 Å². The molecule has 3 rings (SSSR count). The molecule has 2 aromatic carbocycles. The van der Waals surface area contributed by atoms with Crippen LogP contribution in [0, 0.1) is 5.82 Å². The van der Waals surface area contributed by atoms with Crippen molar-refractivity contribution in [3.8, 4) is 0 Å². The largest absolute Gasteiger partial charge is 0.366 e. The van der Waals surface area contributed by atoms with Gasteiger partial charge in [0.05, 0.1) is 17.7 Å². The zero-order valence-electron chi connectivity index (χ0n) is 15.9. The molecule has 9 heteroatoms. The lowest BCUT2D eigenvalue weighted by Gasteiger charge is -2.05. The van der Waals surface area contributed by atoms with Crippen LogP contribution in [0.25, 0.3) is 0 Å². The van der Waals surface area contributed by atoms with Crippen molar-refractivity contribution >= 4 is 34.2 Å². The number of hydrogen-bond donors (Lipinski definition) is 3. The molecule has 0 aliphatic carbocycles. The Morgan fingerprint density at radius 2 is 1.90 bits per heavy atom. The summed E-state index contributed by atoms with van der Waals surface area (Å²) in [6, 6.07) is 12.6. The Labute approximate surface area is 176 Å². The topological polar surface area (TPSA) is 114 Å². The molecule has 0 unspecified atom stereocenters. The highest BCUT2D eigenvalue weighted by atomic mass is 32.1. The second-order valence-corrected chi connectivity index (χ2v) is 7.28. The average Bonchev–Trinajstić information content (AvgIpc) is 3.15. The van der Waals surface area contributed by atoms with Gasteiger partial charge in [-0.15, -0.1) is 11.3 Å². The third kappa shape index (κ3) is 5.71. The molecule has 3 amide bonds. The molecule has 0 saturated heterocycles. The number of amides is 3. The quantitative estimate of drug-likeness (QED) is 0.513. The van der Waals surface area contributed by atoms with E-state index in [9.17, 15) is 18.8 Å². The fourth-order valence-corrected chi connectivity index (χ4v) is 3.41. The standard InChI is InChI=1S/C21H19FN4O3S/c22-17-7-2-1-6-16(17)20(29)26-21-25-15(12-30-21)11-18(27)24-9-8-13-4-3-5-14(10-13)19(23)28/h1-7,10,12H,8-9,11H2,(H2,23,28)(H,24,27)(H,25,26,29). The summed E-state index contributed by atoms with van der Waals surface area (Å²) in [6.07, 6.45) is 0.598. The summed E-state index contributed by atoms with van der Waals surface area (Å²) in [5.74, 6) is -1.94. The van der Waals surface area contributed by atoms with Crippen molar-refractivity contribution in [1.82, 2.24) is 10.3 Å². The van der Waals surface area contributed by atoms with Gasteiger partial charge in [-0.1, -0.05) is 24.3 Å². The van der Waals surface area contributed by atoms with E-state index in [1.807, 2.05) is 6.07 Å². The first-order valence-corrected chi connectivity index (χ1v) is 9.96. The smallest absolute Gasteiger partial charge is 0.260 e. The Balaban J connectivity index is 1.48. The van der Waals surface area contributed by atoms with Crippen LogP contribution in [0.5, 0.6) is 0 Å². The van der Waals surface area contributed by atoms with Crippen molar-refractivity contribution < 1.29 is 18.8 Å². The van der Waals surface area contributed by atoms with E-state index < -0.39 is 17.6 Å². The molecule has 0 aliphatic heterocycles.